The van der Waals surface area contributed by atoms with Crippen LogP contribution in [-0.2, 0) is 19.5 Å². The molecule has 0 radical (unpaired) electrons. The summed E-state index contributed by atoms with van der Waals surface area (Å²) < 4.78 is 1.90. The lowest BCUT2D eigenvalue weighted by atomic mass is 10.1. The van der Waals surface area contributed by atoms with Crippen LogP contribution >= 0.6 is 24.0 Å². The molecule has 5 nitrogen and oxygen atoms in total. The van der Waals surface area contributed by atoms with Gasteiger partial charge in [0, 0.05) is 18.1 Å². The van der Waals surface area contributed by atoms with Gasteiger partial charge in [-0.2, -0.15) is 5.10 Å². The first-order valence-electron chi connectivity index (χ1n) is 8.44. The molecule has 26 heavy (non-hydrogen) atoms. The smallest absolute Gasteiger partial charge is 0.193 e. The van der Waals surface area contributed by atoms with Crippen LogP contribution in [-0.4, -0.2) is 15.7 Å². The first-order chi connectivity index (χ1) is 12.2. The molecule has 0 saturated heterocycles. The number of guanidine groups is 1. The summed E-state index contributed by atoms with van der Waals surface area (Å²) in [5, 5.41) is 7.36. The monoisotopic (exact) mass is 461 g/mol. The van der Waals surface area contributed by atoms with Gasteiger partial charge >= 0.3 is 0 Å². The second-order valence-electron chi connectivity index (χ2n) is 5.90. The molecule has 0 aliphatic heterocycles. The van der Waals surface area contributed by atoms with Gasteiger partial charge in [-0.05, 0) is 41.3 Å². The van der Waals surface area contributed by atoms with E-state index in [0.29, 0.717) is 12.5 Å². The maximum absolute atomic E-state index is 6.00. The maximum atomic E-state index is 6.00. The van der Waals surface area contributed by atoms with Gasteiger partial charge in [0.1, 0.15) is 0 Å². The lowest BCUT2D eigenvalue weighted by molar-refractivity contribution is 0.686. The number of rotatable bonds is 6. The van der Waals surface area contributed by atoms with E-state index < -0.39 is 0 Å². The van der Waals surface area contributed by atoms with Gasteiger partial charge in [-0.1, -0.05) is 43.3 Å². The Kier molecular flexibility index (Phi) is 7.65. The van der Waals surface area contributed by atoms with E-state index in [1.807, 2.05) is 35.1 Å². The number of nitrogens with zero attached hydrogens (tertiary/aromatic N) is 3. The second-order valence-corrected chi connectivity index (χ2v) is 5.90. The Bertz CT molecular complexity index is 826. The average Bonchev–Trinajstić information content (AvgIpc) is 3.14. The molecule has 0 unspecified atom stereocenters. The molecule has 0 aliphatic carbocycles. The summed E-state index contributed by atoms with van der Waals surface area (Å²) in [6, 6.07) is 18.5. The lowest BCUT2D eigenvalue weighted by Gasteiger charge is -2.07. The quantitative estimate of drug-likeness (QED) is 0.331. The molecular weight excluding hydrogens is 437 g/mol. The first kappa shape index (κ1) is 20.0. The highest BCUT2D eigenvalue weighted by Crippen LogP contribution is 2.11. The van der Waals surface area contributed by atoms with E-state index in [1.165, 1.54) is 11.1 Å². The minimum atomic E-state index is 0. The van der Waals surface area contributed by atoms with Crippen LogP contribution in [0.25, 0.3) is 0 Å². The molecule has 0 atom stereocenters. The van der Waals surface area contributed by atoms with E-state index in [-0.39, 0.29) is 24.0 Å². The van der Waals surface area contributed by atoms with Gasteiger partial charge < -0.3 is 11.1 Å². The van der Waals surface area contributed by atoms with Crippen LogP contribution in [0.1, 0.15) is 23.6 Å². The summed E-state index contributed by atoms with van der Waals surface area (Å²) in [6.07, 6.45) is 4.77. The SMILES string of the molecule is CCc1ccc(NC(N)=NCc2cccc(Cn3cccn3)c2)cc1.I. The van der Waals surface area contributed by atoms with Crippen molar-refractivity contribution in [1.29, 1.82) is 0 Å². The van der Waals surface area contributed by atoms with Crippen LogP contribution in [0, 0.1) is 0 Å². The Morgan fingerprint density at radius 1 is 1.08 bits per heavy atom. The second kappa shape index (κ2) is 9.96. The lowest BCUT2D eigenvalue weighted by Crippen LogP contribution is -2.22. The Labute approximate surface area is 171 Å². The zero-order valence-electron chi connectivity index (χ0n) is 14.8. The van der Waals surface area contributed by atoms with Crippen LogP contribution in [0.4, 0.5) is 5.69 Å². The summed E-state index contributed by atoms with van der Waals surface area (Å²) in [5.74, 6) is 0.418. The summed E-state index contributed by atoms with van der Waals surface area (Å²) in [5.41, 5.74) is 10.6. The zero-order chi connectivity index (χ0) is 17.5. The fraction of sp³-hybridized carbons (Fsp3) is 0.200. The van der Waals surface area contributed by atoms with Crippen molar-refractivity contribution in [3.8, 4) is 0 Å². The van der Waals surface area contributed by atoms with Crippen molar-refractivity contribution in [3.63, 3.8) is 0 Å². The van der Waals surface area contributed by atoms with Crippen LogP contribution in [0.5, 0.6) is 0 Å². The summed E-state index contributed by atoms with van der Waals surface area (Å²) in [7, 11) is 0. The van der Waals surface area contributed by atoms with Gasteiger partial charge in [-0.3, -0.25) is 4.68 Å². The third kappa shape index (κ3) is 5.87. The van der Waals surface area contributed by atoms with Gasteiger partial charge in [0.2, 0.25) is 0 Å². The number of aryl methyl sites for hydroxylation is 1. The number of aromatic nitrogens is 2. The summed E-state index contributed by atoms with van der Waals surface area (Å²) in [4.78, 5) is 4.43. The van der Waals surface area contributed by atoms with Gasteiger partial charge in [-0.25, -0.2) is 4.99 Å². The number of benzene rings is 2. The number of aliphatic imine (C=N–C) groups is 1. The molecule has 2 aromatic carbocycles. The molecule has 1 aromatic heterocycles. The fourth-order valence-corrected chi connectivity index (χ4v) is 2.60. The molecule has 3 aromatic rings. The molecular formula is C20H24IN5. The van der Waals surface area contributed by atoms with Crippen molar-refractivity contribution in [3.05, 3.63) is 83.7 Å². The summed E-state index contributed by atoms with van der Waals surface area (Å²) in [6.45, 7) is 3.43. The predicted octanol–water partition coefficient (Wildman–Crippen LogP) is 4.04. The minimum Gasteiger partial charge on any atom is -0.370 e. The normalized spacial score (nSPS) is 11.0. The highest BCUT2D eigenvalue weighted by Gasteiger charge is 1.99. The number of halogens is 1. The van der Waals surface area contributed by atoms with E-state index in [9.17, 15) is 0 Å². The minimum absolute atomic E-state index is 0. The van der Waals surface area contributed by atoms with E-state index >= 15 is 0 Å². The van der Waals surface area contributed by atoms with Gasteiger partial charge in [0.25, 0.3) is 0 Å². The molecule has 0 fully saturated rings. The Hall–Kier alpha value is -2.35. The van der Waals surface area contributed by atoms with E-state index in [4.69, 9.17) is 5.73 Å². The summed E-state index contributed by atoms with van der Waals surface area (Å²) >= 11 is 0. The molecule has 3 rings (SSSR count). The molecule has 3 N–H and O–H groups in total. The molecule has 136 valence electrons. The van der Waals surface area contributed by atoms with Gasteiger partial charge in [-0.15, -0.1) is 24.0 Å². The number of nitrogens with one attached hydrogen (secondary N) is 1. The van der Waals surface area contributed by atoms with E-state index in [0.717, 1.165) is 24.2 Å². The molecule has 0 amide bonds. The van der Waals surface area contributed by atoms with Crippen LogP contribution in [0.3, 0.4) is 0 Å². The molecule has 0 spiro atoms. The van der Waals surface area contributed by atoms with Crippen molar-refractivity contribution < 1.29 is 0 Å². The third-order valence-electron chi connectivity index (χ3n) is 3.96. The number of nitrogens with two attached hydrogens (primary N) is 1. The fourth-order valence-electron chi connectivity index (χ4n) is 2.60. The Balaban J connectivity index is 0.00000243. The zero-order valence-corrected chi connectivity index (χ0v) is 17.1. The highest BCUT2D eigenvalue weighted by molar-refractivity contribution is 14.0. The maximum Gasteiger partial charge on any atom is 0.193 e. The Morgan fingerprint density at radius 2 is 1.85 bits per heavy atom. The van der Waals surface area contributed by atoms with Crippen LogP contribution in [0.15, 0.2) is 72.0 Å². The standard InChI is InChI=1S/C20H23N5.HI/c1-2-16-7-9-19(10-8-16)24-20(21)22-14-17-5-3-6-18(13-17)15-25-12-4-11-23-25;/h3-13H,2,14-15H2,1H3,(H3,21,22,24);1H. The number of hydrogen-bond acceptors (Lipinski definition) is 2. The molecule has 0 aliphatic rings. The first-order valence-corrected chi connectivity index (χ1v) is 8.44. The highest BCUT2D eigenvalue weighted by atomic mass is 127. The van der Waals surface area contributed by atoms with Gasteiger partial charge in [0.15, 0.2) is 5.96 Å². The Morgan fingerprint density at radius 3 is 2.54 bits per heavy atom. The molecule has 6 heteroatoms. The van der Waals surface area contributed by atoms with Crippen molar-refractivity contribution in [2.24, 2.45) is 10.7 Å². The van der Waals surface area contributed by atoms with E-state index in [2.05, 4.69) is 52.7 Å². The predicted molar refractivity (Wildman–Crippen MR) is 118 cm³/mol. The van der Waals surface area contributed by atoms with Crippen LogP contribution < -0.4 is 11.1 Å². The largest absolute Gasteiger partial charge is 0.370 e. The van der Waals surface area contributed by atoms with Crippen molar-refractivity contribution in [2.75, 3.05) is 5.32 Å². The molecule has 0 saturated carbocycles. The van der Waals surface area contributed by atoms with E-state index in [1.54, 1.807) is 6.20 Å². The van der Waals surface area contributed by atoms with Crippen molar-refractivity contribution in [2.45, 2.75) is 26.4 Å². The van der Waals surface area contributed by atoms with Crippen molar-refractivity contribution >= 4 is 35.6 Å². The third-order valence-corrected chi connectivity index (χ3v) is 3.96. The topological polar surface area (TPSA) is 68.2 Å². The molecule has 0 bridgehead atoms. The number of anilines is 1. The average molecular weight is 461 g/mol. The molecule has 1 heterocycles. The number of hydrogen-bond donors (Lipinski definition) is 2. The van der Waals surface area contributed by atoms with Gasteiger partial charge in [0.05, 0.1) is 13.1 Å². The van der Waals surface area contributed by atoms with Crippen molar-refractivity contribution in [1.82, 2.24) is 9.78 Å². The van der Waals surface area contributed by atoms with Crippen LogP contribution in [0.2, 0.25) is 0 Å².